The second-order valence-corrected chi connectivity index (χ2v) is 6.91. The smallest absolute Gasteiger partial charge is 0.321 e. The predicted octanol–water partition coefficient (Wildman–Crippen LogP) is 2.41. The number of urea groups is 1. The summed E-state index contributed by atoms with van der Waals surface area (Å²) >= 11 is 0. The van der Waals surface area contributed by atoms with Crippen molar-refractivity contribution in [3.05, 3.63) is 24.3 Å². The summed E-state index contributed by atoms with van der Waals surface area (Å²) in [6.07, 6.45) is 4.36. The molecule has 0 aromatic heterocycles. The first-order valence-corrected chi connectivity index (χ1v) is 9.45. The molecule has 7 nitrogen and oxygen atoms in total. The SMILES string of the molecule is C[C@H]1OCCN[C@@H]1C(=O)Nc1ccc(NC(=O)N2CCCCCC2)cc1. The van der Waals surface area contributed by atoms with Crippen LogP contribution < -0.4 is 16.0 Å². The summed E-state index contributed by atoms with van der Waals surface area (Å²) < 4.78 is 5.50. The normalized spacial score (nSPS) is 23.8. The van der Waals surface area contributed by atoms with Crippen LogP contribution in [0, 0.1) is 0 Å². The number of carbonyl (C=O) groups is 2. The van der Waals surface area contributed by atoms with E-state index in [9.17, 15) is 9.59 Å². The van der Waals surface area contributed by atoms with Gasteiger partial charge in [-0.1, -0.05) is 12.8 Å². The molecule has 0 radical (unpaired) electrons. The van der Waals surface area contributed by atoms with E-state index in [2.05, 4.69) is 16.0 Å². The lowest BCUT2D eigenvalue weighted by Crippen LogP contribution is -2.53. The number of hydrogen-bond acceptors (Lipinski definition) is 4. The molecule has 1 aromatic carbocycles. The van der Waals surface area contributed by atoms with Crippen molar-refractivity contribution in [1.82, 2.24) is 10.2 Å². The maximum atomic E-state index is 12.3. The minimum Gasteiger partial charge on any atom is -0.375 e. The summed E-state index contributed by atoms with van der Waals surface area (Å²) in [4.78, 5) is 26.6. The number of anilines is 2. The molecule has 3 N–H and O–H groups in total. The quantitative estimate of drug-likeness (QED) is 0.773. The topological polar surface area (TPSA) is 82.7 Å². The Labute approximate surface area is 154 Å². The second-order valence-electron chi connectivity index (χ2n) is 6.91. The van der Waals surface area contributed by atoms with E-state index in [0.717, 1.165) is 31.6 Å². The van der Waals surface area contributed by atoms with E-state index in [4.69, 9.17) is 4.74 Å². The maximum absolute atomic E-state index is 12.3. The van der Waals surface area contributed by atoms with E-state index in [1.807, 2.05) is 11.8 Å². The van der Waals surface area contributed by atoms with Gasteiger partial charge in [0.2, 0.25) is 5.91 Å². The lowest BCUT2D eigenvalue weighted by atomic mass is 10.1. The van der Waals surface area contributed by atoms with Crippen LogP contribution in [0.25, 0.3) is 0 Å². The number of rotatable bonds is 3. The largest absolute Gasteiger partial charge is 0.375 e. The van der Waals surface area contributed by atoms with Crippen molar-refractivity contribution >= 4 is 23.3 Å². The van der Waals surface area contributed by atoms with Crippen LogP contribution in [0.1, 0.15) is 32.6 Å². The van der Waals surface area contributed by atoms with Crippen molar-refractivity contribution < 1.29 is 14.3 Å². The van der Waals surface area contributed by atoms with Gasteiger partial charge < -0.3 is 25.6 Å². The van der Waals surface area contributed by atoms with E-state index in [0.29, 0.717) is 18.8 Å². The van der Waals surface area contributed by atoms with Gasteiger partial charge in [-0.2, -0.15) is 0 Å². The van der Waals surface area contributed by atoms with Gasteiger partial charge in [0.05, 0.1) is 12.7 Å². The third-order valence-electron chi connectivity index (χ3n) is 4.90. The molecular formula is C19H28N4O3. The van der Waals surface area contributed by atoms with Gasteiger partial charge in [-0.05, 0) is 44.0 Å². The van der Waals surface area contributed by atoms with Crippen LogP contribution in [-0.4, -0.2) is 55.2 Å². The summed E-state index contributed by atoms with van der Waals surface area (Å²) in [5.74, 6) is -0.112. The van der Waals surface area contributed by atoms with Gasteiger partial charge in [-0.25, -0.2) is 4.79 Å². The molecule has 0 unspecified atom stereocenters. The third kappa shape index (κ3) is 4.95. The summed E-state index contributed by atoms with van der Waals surface area (Å²) in [5.41, 5.74) is 1.42. The number of amides is 3. The highest BCUT2D eigenvalue weighted by Gasteiger charge is 2.28. The fraction of sp³-hybridized carbons (Fsp3) is 0.579. The van der Waals surface area contributed by atoms with Crippen molar-refractivity contribution in [1.29, 1.82) is 0 Å². The second kappa shape index (κ2) is 9.00. The van der Waals surface area contributed by atoms with Crippen LogP contribution >= 0.6 is 0 Å². The fourth-order valence-electron chi connectivity index (χ4n) is 3.36. The van der Waals surface area contributed by atoms with Gasteiger partial charge in [-0.3, -0.25) is 4.79 Å². The Bertz CT molecular complexity index is 612. The Hall–Kier alpha value is -2.12. The monoisotopic (exact) mass is 360 g/mol. The van der Waals surface area contributed by atoms with Gasteiger partial charge >= 0.3 is 6.03 Å². The van der Waals surface area contributed by atoms with E-state index < -0.39 is 0 Å². The van der Waals surface area contributed by atoms with E-state index >= 15 is 0 Å². The van der Waals surface area contributed by atoms with Crippen molar-refractivity contribution in [2.75, 3.05) is 36.9 Å². The molecule has 3 amide bonds. The summed E-state index contributed by atoms with van der Waals surface area (Å²) in [5, 5.41) is 8.99. The molecule has 0 aliphatic carbocycles. The van der Waals surface area contributed by atoms with Gasteiger partial charge in [0, 0.05) is 31.0 Å². The van der Waals surface area contributed by atoms with Crippen LogP contribution in [0.2, 0.25) is 0 Å². The molecule has 2 atom stereocenters. The molecule has 7 heteroatoms. The third-order valence-corrected chi connectivity index (χ3v) is 4.90. The highest BCUT2D eigenvalue weighted by Crippen LogP contribution is 2.17. The van der Waals surface area contributed by atoms with Crippen molar-refractivity contribution in [2.24, 2.45) is 0 Å². The Morgan fingerprint density at radius 3 is 2.27 bits per heavy atom. The number of nitrogens with one attached hydrogen (secondary N) is 3. The Kier molecular flexibility index (Phi) is 6.46. The molecular weight excluding hydrogens is 332 g/mol. The van der Waals surface area contributed by atoms with Crippen LogP contribution in [-0.2, 0) is 9.53 Å². The Balaban J connectivity index is 1.52. The number of carbonyl (C=O) groups excluding carboxylic acids is 2. The molecule has 0 spiro atoms. The zero-order chi connectivity index (χ0) is 18.4. The number of ether oxygens (including phenoxy) is 1. The first-order chi connectivity index (χ1) is 12.6. The molecule has 0 saturated carbocycles. The highest BCUT2D eigenvalue weighted by atomic mass is 16.5. The first kappa shape index (κ1) is 18.7. The van der Waals surface area contributed by atoms with Crippen molar-refractivity contribution in [3.8, 4) is 0 Å². The Morgan fingerprint density at radius 2 is 1.65 bits per heavy atom. The number of nitrogens with zero attached hydrogens (tertiary/aromatic N) is 1. The van der Waals surface area contributed by atoms with Crippen LogP contribution in [0.4, 0.5) is 16.2 Å². The average molecular weight is 360 g/mol. The van der Waals surface area contributed by atoms with Crippen LogP contribution in [0.15, 0.2) is 24.3 Å². The number of morpholine rings is 1. The number of likely N-dealkylation sites (tertiary alicyclic amines) is 1. The number of benzene rings is 1. The first-order valence-electron chi connectivity index (χ1n) is 9.45. The highest BCUT2D eigenvalue weighted by molar-refractivity contribution is 5.96. The molecule has 2 heterocycles. The zero-order valence-electron chi connectivity index (χ0n) is 15.3. The fourth-order valence-corrected chi connectivity index (χ4v) is 3.36. The molecule has 26 heavy (non-hydrogen) atoms. The Morgan fingerprint density at radius 1 is 1.04 bits per heavy atom. The molecule has 1 aromatic rings. The van der Waals surface area contributed by atoms with Crippen LogP contribution in [0.5, 0.6) is 0 Å². The maximum Gasteiger partial charge on any atom is 0.321 e. The van der Waals surface area contributed by atoms with Crippen molar-refractivity contribution in [3.63, 3.8) is 0 Å². The van der Waals surface area contributed by atoms with Gasteiger partial charge in [-0.15, -0.1) is 0 Å². The van der Waals surface area contributed by atoms with E-state index in [1.54, 1.807) is 24.3 Å². The minimum absolute atomic E-state index is 0.0546. The van der Waals surface area contributed by atoms with Gasteiger partial charge in [0.15, 0.2) is 0 Å². The summed E-state index contributed by atoms with van der Waals surface area (Å²) in [6.45, 7) is 4.81. The molecule has 142 valence electrons. The lowest BCUT2D eigenvalue weighted by molar-refractivity contribution is -0.123. The zero-order valence-corrected chi connectivity index (χ0v) is 15.3. The molecule has 2 fully saturated rings. The molecule has 0 bridgehead atoms. The molecule has 2 aliphatic heterocycles. The average Bonchev–Trinajstić information content (AvgIpc) is 2.93. The van der Waals surface area contributed by atoms with Crippen LogP contribution in [0.3, 0.4) is 0 Å². The summed E-state index contributed by atoms with van der Waals surface area (Å²) in [7, 11) is 0. The van der Waals surface area contributed by atoms with Gasteiger partial charge in [0.1, 0.15) is 6.04 Å². The minimum atomic E-state index is -0.355. The van der Waals surface area contributed by atoms with Crippen molar-refractivity contribution in [2.45, 2.75) is 44.8 Å². The molecule has 2 saturated heterocycles. The van der Waals surface area contributed by atoms with E-state index in [1.165, 1.54) is 12.8 Å². The summed E-state index contributed by atoms with van der Waals surface area (Å²) in [6, 6.07) is 6.79. The lowest BCUT2D eigenvalue weighted by Gasteiger charge is -2.29. The molecule has 3 rings (SSSR count). The number of hydrogen-bond donors (Lipinski definition) is 3. The van der Waals surface area contributed by atoms with E-state index in [-0.39, 0.29) is 24.1 Å². The standard InChI is InChI=1S/C19H28N4O3/c1-14-17(20-10-13-26-14)18(24)21-15-6-8-16(9-7-15)22-19(25)23-11-4-2-3-5-12-23/h6-9,14,17,20H,2-5,10-13H2,1H3,(H,21,24)(H,22,25)/t14-,17+/m1/s1. The molecule has 2 aliphatic rings. The predicted molar refractivity (Wildman–Crippen MR) is 101 cm³/mol. The van der Waals surface area contributed by atoms with Gasteiger partial charge in [0.25, 0.3) is 0 Å².